The summed E-state index contributed by atoms with van der Waals surface area (Å²) in [5, 5.41) is 4.26. The van der Waals surface area contributed by atoms with Crippen LogP contribution in [0.1, 0.15) is 36.5 Å². The molecular weight excluding hydrogens is 266 g/mol. The Balaban J connectivity index is 1.91. The van der Waals surface area contributed by atoms with E-state index in [1.165, 1.54) is 30.4 Å². The van der Waals surface area contributed by atoms with Crippen molar-refractivity contribution in [2.75, 3.05) is 5.32 Å². The van der Waals surface area contributed by atoms with E-state index in [1.807, 2.05) is 13.0 Å². The smallest absolute Gasteiger partial charge is 0.0438 e. The number of hydrogen-bond acceptors (Lipinski definition) is 1. The Labute approximate surface area is 127 Å². The minimum Gasteiger partial charge on any atom is -0.381 e. The monoisotopic (exact) mass is 287 g/mol. The van der Waals surface area contributed by atoms with Gasteiger partial charge in [0.25, 0.3) is 0 Å². The van der Waals surface area contributed by atoms with Crippen LogP contribution in [0.5, 0.6) is 0 Å². The lowest BCUT2D eigenvalue weighted by atomic mass is 10.1. The number of halogens is 1. The van der Waals surface area contributed by atoms with Gasteiger partial charge in [0, 0.05) is 17.3 Å². The first-order valence-corrected chi connectivity index (χ1v) is 7.64. The zero-order chi connectivity index (χ0) is 14.4. The zero-order valence-electron chi connectivity index (χ0n) is 12.2. The number of aryl methyl sites for hydroxylation is 2. The Hall–Kier alpha value is -1.47. The van der Waals surface area contributed by atoms with Crippen molar-refractivity contribution >= 4 is 17.3 Å². The summed E-state index contributed by atoms with van der Waals surface area (Å²) >= 11 is 6.14. The fourth-order valence-electron chi connectivity index (χ4n) is 2.12. The quantitative estimate of drug-likeness (QED) is 0.729. The van der Waals surface area contributed by atoms with Crippen LogP contribution in [0.4, 0.5) is 5.69 Å². The highest BCUT2D eigenvalue weighted by Gasteiger charge is 1.99. The molecule has 2 aromatic rings. The third-order valence-corrected chi connectivity index (χ3v) is 3.91. The molecule has 0 unspecified atom stereocenters. The van der Waals surface area contributed by atoms with Crippen LogP contribution in [0.15, 0.2) is 42.5 Å². The predicted molar refractivity (Wildman–Crippen MR) is 88.6 cm³/mol. The van der Waals surface area contributed by atoms with Gasteiger partial charge in [-0.2, -0.15) is 0 Å². The van der Waals surface area contributed by atoms with E-state index in [0.717, 1.165) is 22.8 Å². The number of anilines is 1. The Morgan fingerprint density at radius 1 is 1.00 bits per heavy atom. The molecule has 0 heterocycles. The molecule has 2 heteroatoms. The Bertz CT molecular complexity index is 546. The molecule has 0 saturated heterocycles. The summed E-state index contributed by atoms with van der Waals surface area (Å²) in [5.41, 5.74) is 4.89. The van der Waals surface area contributed by atoms with Gasteiger partial charge in [-0.3, -0.25) is 0 Å². The number of unbranched alkanes of at least 4 members (excludes halogenated alkanes) is 1. The summed E-state index contributed by atoms with van der Waals surface area (Å²) in [7, 11) is 0. The van der Waals surface area contributed by atoms with E-state index in [0.29, 0.717) is 0 Å². The van der Waals surface area contributed by atoms with Crippen molar-refractivity contribution < 1.29 is 0 Å². The number of hydrogen-bond donors (Lipinski definition) is 1. The highest BCUT2D eigenvalue weighted by Crippen LogP contribution is 2.18. The second kappa shape index (κ2) is 7.35. The van der Waals surface area contributed by atoms with E-state index in [9.17, 15) is 0 Å². The molecule has 0 atom stereocenters. The van der Waals surface area contributed by atoms with Crippen LogP contribution >= 0.6 is 11.6 Å². The van der Waals surface area contributed by atoms with Crippen molar-refractivity contribution in [3.63, 3.8) is 0 Å². The average molecular weight is 288 g/mol. The summed E-state index contributed by atoms with van der Waals surface area (Å²) in [5.74, 6) is 0. The highest BCUT2D eigenvalue weighted by atomic mass is 35.5. The van der Waals surface area contributed by atoms with Gasteiger partial charge in [0.05, 0.1) is 0 Å². The first-order valence-electron chi connectivity index (χ1n) is 7.27. The molecular formula is C18H22ClN. The summed E-state index contributed by atoms with van der Waals surface area (Å²) < 4.78 is 0. The standard InChI is InChI=1S/C18H22ClN/c1-3-4-5-15-8-10-17(11-9-15)20-13-16-7-6-14(2)18(19)12-16/h6-12,20H,3-5,13H2,1-2H3. The van der Waals surface area contributed by atoms with Crippen LogP contribution in [-0.4, -0.2) is 0 Å². The van der Waals surface area contributed by atoms with E-state index in [2.05, 4.69) is 48.6 Å². The van der Waals surface area contributed by atoms with E-state index in [1.54, 1.807) is 0 Å². The molecule has 20 heavy (non-hydrogen) atoms. The van der Waals surface area contributed by atoms with E-state index >= 15 is 0 Å². The molecule has 0 fully saturated rings. The lowest BCUT2D eigenvalue weighted by molar-refractivity contribution is 0.795. The van der Waals surface area contributed by atoms with Gasteiger partial charge in [0.1, 0.15) is 0 Å². The van der Waals surface area contributed by atoms with Gasteiger partial charge in [-0.05, 0) is 54.7 Å². The van der Waals surface area contributed by atoms with Gasteiger partial charge in [0.15, 0.2) is 0 Å². The molecule has 1 nitrogen and oxygen atoms in total. The fraction of sp³-hybridized carbons (Fsp3) is 0.333. The largest absolute Gasteiger partial charge is 0.381 e. The molecule has 2 rings (SSSR count). The van der Waals surface area contributed by atoms with Crippen LogP contribution < -0.4 is 5.32 Å². The first-order chi connectivity index (χ1) is 9.69. The van der Waals surface area contributed by atoms with Crippen molar-refractivity contribution in [3.8, 4) is 0 Å². The van der Waals surface area contributed by atoms with Crippen LogP contribution in [0.25, 0.3) is 0 Å². The third-order valence-electron chi connectivity index (χ3n) is 3.51. The predicted octanol–water partition coefficient (Wildman–Crippen LogP) is 5.60. The molecule has 0 aromatic heterocycles. The maximum atomic E-state index is 6.14. The number of nitrogens with one attached hydrogen (secondary N) is 1. The second-order valence-corrected chi connectivity index (χ2v) is 5.64. The van der Waals surface area contributed by atoms with Gasteiger partial charge < -0.3 is 5.32 Å². The van der Waals surface area contributed by atoms with Crippen LogP contribution in [0, 0.1) is 6.92 Å². The molecule has 0 bridgehead atoms. The normalized spacial score (nSPS) is 10.6. The van der Waals surface area contributed by atoms with Crippen LogP contribution in [0.2, 0.25) is 5.02 Å². The molecule has 0 aliphatic heterocycles. The molecule has 0 spiro atoms. The summed E-state index contributed by atoms with van der Waals surface area (Å²) in [4.78, 5) is 0. The number of rotatable bonds is 6. The Morgan fingerprint density at radius 3 is 2.35 bits per heavy atom. The van der Waals surface area contributed by atoms with Crippen LogP contribution in [0.3, 0.4) is 0 Å². The summed E-state index contributed by atoms with van der Waals surface area (Å²) in [6, 6.07) is 14.9. The van der Waals surface area contributed by atoms with Gasteiger partial charge in [-0.15, -0.1) is 0 Å². The average Bonchev–Trinajstić information content (AvgIpc) is 2.47. The summed E-state index contributed by atoms with van der Waals surface area (Å²) in [6.45, 7) is 5.05. The minimum absolute atomic E-state index is 0.800. The van der Waals surface area contributed by atoms with Gasteiger partial charge in [-0.25, -0.2) is 0 Å². The molecule has 2 aromatic carbocycles. The SMILES string of the molecule is CCCCc1ccc(NCc2ccc(C)c(Cl)c2)cc1. The minimum atomic E-state index is 0.800. The number of benzene rings is 2. The first kappa shape index (κ1) is 14.9. The second-order valence-electron chi connectivity index (χ2n) is 5.24. The zero-order valence-corrected chi connectivity index (χ0v) is 13.0. The maximum Gasteiger partial charge on any atom is 0.0438 e. The summed E-state index contributed by atoms with van der Waals surface area (Å²) in [6.07, 6.45) is 3.67. The van der Waals surface area contributed by atoms with Gasteiger partial charge in [-0.1, -0.05) is 49.2 Å². The topological polar surface area (TPSA) is 12.0 Å². The highest BCUT2D eigenvalue weighted by molar-refractivity contribution is 6.31. The molecule has 1 N–H and O–H groups in total. The van der Waals surface area contributed by atoms with Crippen molar-refractivity contribution in [2.45, 2.75) is 39.7 Å². The van der Waals surface area contributed by atoms with E-state index in [-0.39, 0.29) is 0 Å². The van der Waals surface area contributed by atoms with Gasteiger partial charge >= 0.3 is 0 Å². The van der Waals surface area contributed by atoms with Crippen molar-refractivity contribution in [3.05, 3.63) is 64.2 Å². The lowest BCUT2D eigenvalue weighted by Crippen LogP contribution is -1.99. The Kier molecular flexibility index (Phi) is 5.49. The molecule has 0 saturated carbocycles. The van der Waals surface area contributed by atoms with Gasteiger partial charge in [0.2, 0.25) is 0 Å². The molecule has 0 radical (unpaired) electrons. The van der Waals surface area contributed by atoms with Crippen LogP contribution in [-0.2, 0) is 13.0 Å². The Morgan fingerprint density at radius 2 is 1.70 bits per heavy atom. The van der Waals surface area contributed by atoms with Crippen molar-refractivity contribution in [1.82, 2.24) is 0 Å². The molecule has 0 aliphatic carbocycles. The third kappa shape index (κ3) is 4.28. The molecule has 106 valence electrons. The maximum absolute atomic E-state index is 6.14. The van der Waals surface area contributed by atoms with E-state index in [4.69, 9.17) is 11.6 Å². The molecule has 0 aliphatic rings. The van der Waals surface area contributed by atoms with Crippen molar-refractivity contribution in [2.24, 2.45) is 0 Å². The van der Waals surface area contributed by atoms with E-state index < -0.39 is 0 Å². The van der Waals surface area contributed by atoms with Crippen molar-refractivity contribution in [1.29, 1.82) is 0 Å². The lowest BCUT2D eigenvalue weighted by Gasteiger charge is -2.09. The molecule has 0 amide bonds. The fourth-order valence-corrected chi connectivity index (χ4v) is 2.32.